The van der Waals surface area contributed by atoms with E-state index in [0.717, 1.165) is 57.8 Å². The third-order valence-corrected chi connectivity index (χ3v) is 13.4. The summed E-state index contributed by atoms with van der Waals surface area (Å²) in [4.78, 5) is 28.9. The molecule has 5 fully saturated rings. The normalized spacial score (nSPS) is 41.6. The average Bonchev–Trinajstić information content (AvgIpc) is 3.58. The van der Waals surface area contributed by atoms with Crippen molar-refractivity contribution in [2.45, 2.75) is 122 Å². The molecule has 47 heavy (non-hydrogen) atoms. The Morgan fingerprint density at radius 1 is 1.11 bits per heavy atom. The van der Waals surface area contributed by atoms with Crippen molar-refractivity contribution in [2.24, 2.45) is 46.3 Å². The van der Waals surface area contributed by atoms with Gasteiger partial charge in [0.2, 0.25) is 0 Å². The lowest BCUT2D eigenvalue weighted by Crippen LogP contribution is -2.58. The van der Waals surface area contributed by atoms with Crippen molar-refractivity contribution in [3.05, 3.63) is 22.2 Å². The van der Waals surface area contributed by atoms with E-state index in [1.54, 1.807) is 0 Å². The highest BCUT2D eigenvalue weighted by Crippen LogP contribution is 2.68. The Bertz CT molecular complexity index is 1440. The molecule has 2 heterocycles. The van der Waals surface area contributed by atoms with E-state index in [2.05, 4.69) is 37.6 Å². The summed E-state index contributed by atoms with van der Waals surface area (Å²) < 4.78 is 12.2. The van der Waals surface area contributed by atoms with Crippen LogP contribution in [0.4, 0.5) is 5.82 Å². The van der Waals surface area contributed by atoms with Gasteiger partial charge in [0.05, 0.1) is 30.5 Å². The largest absolute Gasteiger partial charge is 0.452 e. The zero-order chi connectivity index (χ0) is 33.7. The van der Waals surface area contributed by atoms with Gasteiger partial charge in [-0.05, 0) is 104 Å². The lowest BCUT2D eigenvalue weighted by molar-refractivity contribution is -0.174. The van der Waals surface area contributed by atoms with Crippen LogP contribution in [0.25, 0.3) is 0 Å². The van der Waals surface area contributed by atoms with Crippen molar-refractivity contribution in [2.75, 3.05) is 18.9 Å². The molecule has 1 aliphatic heterocycles. The molecule has 0 spiro atoms. The summed E-state index contributed by atoms with van der Waals surface area (Å²) in [5.74, 6) is 7.82. The van der Waals surface area contributed by atoms with E-state index >= 15 is 0 Å². The molecule has 11 nitrogen and oxygen atoms in total. The van der Waals surface area contributed by atoms with Crippen LogP contribution >= 0.6 is 0 Å². The van der Waals surface area contributed by atoms with E-state index < -0.39 is 24.1 Å². The number of aliphatic hydroxyl groups is 4. The van der Waals surface area contributed by atoms with Crippen LogP contribution in [-0.4, -0.2) is 73.6 Å². The molecule has 260 valence electrons. The first-order valence-corrected chi connectivity index (χ1v) is 17.7. The summed E-state index contributed by atoms with van der Waals surface area (Å²) in [5.41, 5.74) is 5.89. The molecule has 1 aromatic rings. The highest BCUT2D eigenvalue weighted by molar-refractivity contribution is 5.69. The minimum absolute atomic E-state index is 0.0549. The number of rotatable bonds is 7. The van der Waals surface area contributed by atoms with Crippen LogP contribution in [0, 0.1) is 58.2 Å². The van der Waals surface area contributed by atoms with Gasteiger partial charge in [-0.1, -0.05) is 32.6 Å². The van der Waals surface area contributed by atoms with Crippen molar-refractivity contribution in [3.8, 4) is 11.8 Å². The lowest BCUT2D eigenvalue weighted by Gasteiger charge is -2.62. The van der Waals surface area contributed by atoms with Gasteiger partial charge in [0.15, 0.2) is 6.61 Å². The maximum absolute atomic E-state index is 12.7. The number of aliphatic hydroxyl groups excluding tert-OH is 4. The van der Waals surface area contributed by atoms with E-state index in [1.807, 2.05) is 0 Å². The topological polar surface area (TPSA) is 177 Å². The van der Waals surface area contributed by atoms with Crippen molar-refractivity contribution in [1.29, 1.82) is 0 Å². The SMILES string of the molecule is C[C@H](CCC(=O)OCC#Cc1cn([C@H]2C[C@H](O)[C@@H](CO)O2)c(=O)nc1N)[C@H]1CC[C@H]2[C@@H]3[C@H](O)C[C@@H]4C[C@H](O)CC[C@]4(C)[C@H]3CC[C@]12C. The molecule has 11 heteroatoms. The van der Waals surface area contributed by atoms with Gasteiger partial charge in [0.1, 0.15) is 18.1 Å². The first kappa shape index (κ1) is 34.4. The van der Waals surface area contributed by atoms with Gasteiger partial charge in [-0.2, -0.15) is 4.98 Å². The third-order valence-electron chi connectivity index (χ3n) is 13.4. The highest BCUT2D eigenvalue weighted by Gasteiger charge is 2.62. The van der Waals surface area contributed by atoms with Crippen LogP contribution in [0.2, 0.25) is 0 Å². The number of esters is 1. The number of hydrogen-bond donors (Lipinski definition) is 5. The summed E-state index contributed by atoms with van der Waals surface area (Å²) in [6.07, 6.45) is 7.68. The van der Waals surface area contributed by atoms with Gasteiger partial charge in [0.25, 0.3) is 0 Å². The molecular weight excluding hydrogens is 602 g/mol. The van der Waals surface area contributed by atoms with Gasteiger partial charge < -0.3 is 35.6 Å². The zero-order valence-electron chi connectivity index (χ0n) is 28.0. The van der Waals surface area contributed by atoms with Gasteiger partial charge >= 0.3 is 11.7 Å². The Hall–Kier alpha value is -2.49. The van der Waals surface area contributed by atoms with Crippen LogP contribution in [0.5, 0.6) is 0 Å². The summed E-state index contributed by atoms with van der Waals surface area (Å²) in [6, 6.07) is 0. The standard InChI is InChI=1S/C36H53N3O8/c1-20(24-7-8-25-32-26(11-13-36(24,25)3)35(2)12-10-23(41)15-22(35)16-28(32)43)6-9-31(44)46-14-4-5-21-18-39(34(45)38-33(21)37)30-17-27(42)29(19-40)47-30/h18,20,22-30,32,40-43H,6-17,19H2,1-3H3,(H2,37,38,45)/t20-,22+,23-,24-,25+,26+,27+,28-,29-,30-,32+,35+,36-/m1/s1. The van der Waals surface area contributed by atoms with E-state index in [0.29, 0.717) is 41.9 Å². The Morgan fingerprint density at radius 3 is 2.60 bits per heavy atom. The molecule has 0 bridgehead atoms. The number of aromatic nitrogens is 2. The second-order valence-corrected chi connectivity index (χ2v) is 15.8. The number of carbonyl (C=O) groups is 1. The number of fused-ring (bicyclic) bond motifs is 5. The zero-order valence-corrected chi connectivity index (χ0v) is 28.0. The quantitative estimate of drug-likeness (QED) is 0.217. The van der Waals surface area contributed by atoms with Gasteiger partial charge in [-0.3, -0.25) is 9.36 Å². The van der Waals surface area contributed by atoms with Gasteiger partial charge in [-0.25, -0.2) is 4.79 Å². The van der Waals surface area contributed by atoms with Crippen molar-refractivity contribution in [1.82, 2.24) is 9.55 Å². The molecule has 13 atom stereocenters. The number of nitrogens with two attached hydrogens (primary N) is 1. The molecule has 4 saturated carbocycles. The Labute approximate surface area is 277 Å². The summed E-state index contributed by atoms with van der Waals surface area (Å²) in [5, 5.41) is 41.2. The Morgan fingerprint density at radius 2 is 1.85 bits per heavy atom. The highest BCUT2D eigenvalue weighted by atomic mass is 16.5. The number of anilines is 1. The van der Waals surface area contributed by atoms with Crippen LogP contribution in [0.15, 0.2) is 11.0 Å². The number of ether oxygens (including phenoxy) is 2. The molecule has 6 N–H and O–H groups in total. The van der Waals surface area contributed by atoms with Crippen molar-refractivity contribution >= 4 is 11.8 Å². The summed E-state index contributed by atoms with van der Waals surface area (Å²) in [7, 11) is 0. The second kappa shape index (κ2) is 13.4. The molecule has 0 aromatic carbocycles. The number of carbonyl (C=O) groups excluding carboxylic acids is 1. The van der Waals surface area contributed by atoms with Gasteiger partial charge in [-0.15, -0.1) is 0 Å². The molecule has 0 unspecified atom stereocenters. The molecule has 4 aliphatic carbocycles. The van der Waals surface area contributed by atoms with Gasteiger partial charge in [0, 0.05) is 19.0 Å². The molecule has 6 rings (SSSR count). The van der Waals surface area contributed by atoms with E-state index in [1.165, 1.54) is 10.8 Å². The van der Waals surface area contributed by atoms with Crippen molar-refractivity contribution in [3.63, 3.8) is 0 Å². The average molecular weight is 656 g/mol. The number of nitrogen functional groups attached to an aromatic ring is 1. The van der Waals surface area contributed by atoms with Crippen LogP contribution in [0.1, 0.15) is 103 Å². The predicted octanol–water partition coefficient (Wildman–Crippen LogP) is 2.77. The smallest absolute Gasteiger partial charge is 0.351 e. The first-order valence-electron chi connectivity index (χ1n) is 17.7. The third kappa shape index (κ3) is 6.37. The fourth-order valence-corrected chi connectivity index (χ4v) is 10.9. The minimum atomic E-state index is -0.909. The maximum Gasteiger partial charge on any atom is 0.351 e. The molecule has 1 saturated heterocycles. The van der Waals surface area contributed by atoms with E-state index in [4.69, 9.17) is 15.2 Å². The minimum Gasteiger partial charge on any atom is -0.452 e. The lowest BCUT2D eigenvalue weighted by atomic mass is 9.43. The predicted molar refractivity (Wildman–Crippen MR) is 173 cm³/mol. The van der Waals surface area contributed by atoms with E-state index in [-0.39, 0.29) is 60.0 Å². The second-order valence-electron chi connectivity index (χ2n) is 15.8. The molecule has 1 aromatic heterocycles. The molecule has 0 amide bonds. The van der Waals surface area contributed by atoms with Crippen LogP contribution in [-0.2, 0) is 14.3 Å². The fourth-order valence-electron chi connectivity index (χ4n) is 10.9. The monoisotopic (exact) mass is 655 g/mol. The fraction of sp³-hybridized carbons (Fsp3) is 0.806. The Balaban J connectivity index is 1.02. The number of nitrogens with zero attached hydrogens (tertiary/aromatic N) is 2. The first-order chi connectivity index (χ1) is 22.4. The van der Waals surface area contributed by atoms with Crippen molar-refractivity contribution < 1.29 is 34.7 Å². The molecule has 0 radical (unpaired) electrons. The summed E-state index contributed by atoms with van der Waals surface area (Å²) in [6.45, 7) is 6.64. The van der Waals surface area contributed by atoms with Crippen LogP contribution < -0.4 is 11.4 Å². The number of hydrogen-bond acceptors (Lipinski definition) is 10. The Kier molecular flexibility index (Phi) is 9.82. The maximum atomic E-state index is 12.7. The van der Waals surface area contributed by atoms with E-state index in [9.17, 15) is 30.0 Å². The van der Waals surface area contributed by atoms with Crippen LogP contribution in [0.3, 0.4) is 0 Å². The summed E-state index contributed by atoms with van der Waals surface area (Å²) >= 11 is 0. The molecule has 5 aliphatic rings. The molecular formula is C36H53N3O8.